The van der Waals surface area contributed by atoms with E-state index in [1.54, 1.807) is 18.0 Å². The number of methoxy groups -OCH3 is 1. The topological polar surface area (TPSA) is 52.4 Å². The van der Waals surface area contributed by atoms with Gasteiger partial charge in [-0.25, -0.2) is 9.67 Å². The second-order valence-corrected chi connectivity index (χ2v) is 6.22. The Morgan fingerprint density at radius 1 is 1.35 bits per heavy atom. The molecule has 1 fully saturated rings. The first-order valence-electron chi connectivity index (χ1n) is 8.64. The molecule has 2 aromatic heterocycles. The molecule has 0 N–H and O–H groups in total. The zero-order valence-corrected chi connectivity index (χ0v) is 13.5. The summed E-state index contributed by atoms with van der Waals surface area (Å²) in [6.07, 6.45) is 4.16. The highest BCUT2D eigenvalue weighted by Gasteiger charge is 2.23. The monoisotopic (exact) mass is 315 g/mol. The molecule has 0 spiro atoms. The van der Waals surface area contributed by atoms with Crippen molar-refractivity contribution in [1.82, 2.24) is 14.8 Å². The molecule has 4 heterocycles. The minimum absolute atomic E-state index is 0.135. The first-order chi connectivity index (χ1) is 11.7. The Hall–Kier alpha value is -2.08. The van der Waals surface area contributed by atoms with Crippen LogP contribution in [0.1, 0.15) is 21.1 Å². The van der Waals surface area contributed by atoms with E-state index in [-0.39, 0.29) is 12.2 Å². The summed E-state index contributed by atoms with van der Waals surface area (Å²) in [6, 6.07) is 4.32. The van der Waals surface area contributed by atoms with Crippen molar-refractivity contribution < 1.29 is 10.8 Å². The van der Waals surface area contributed by atoms with Gasteiger partial charge in [0.2, 0.25) is 5.88 Å². The van der Waals surface area contributed by atoms with Crippen LogP contribution >= 0.6 is 0 Å². The normalized spacial score (nSPS) is 24.3. The van der Waals surface area contributed by atoms with Crippen molar-refractivity contribution in [1.29, 1.82) is 0 Å². The summed E-state index contributed by atoms with van der Waals surface area (Å²) in [5.74, 6) is 1.51. The molecular formula is C17H22N4O2. The molecule has 0 bridgehead atoms. The number of pyridine rings is 1. The third-order valence-corrected chi connectivity index (χ3v) is 4.56. The maximum atomic E-state index is 8.34. The zero-order valence-electron chi connectivity index (χ0n) is 14.5. The van der Waals surface area contributed by atoms with Crippen molar-refractivity contribution >= 4 is 5.82 Å². The predicted octanol–water partition coefficient (Wildman–Crippen LogP) is 2.34. The lowest BCUT2D eigenvalue weighted by atomic mass is 10.2. The summed E-state index contributed by atoms with van der Waals surface area (Å²) in [5.41, 5.74) is 1.48. The molecule has 2 aromatic rings. The van der Waals surface area contributed by atoms with Crippen LogP contribution in [0.5, 0.6) is 5.88 Å². The molecule has 23 heavy (non-hydrogen) atoms. The molecule has 6 nitrogen and oxygen atoms in total. The first-order valence-corrected chi connectivity index (χ1v) is 8.14. The average Bonchev–Trinajstić information content (AvgIpc) is 3.21. The van der Waals surface area contributed by atoms with Crippen LogP contribution in [0.3, 0.4) is 0 Å². The van der Waals surface area contributed by atoms with Gasteiger partial charge >= 0.3 is 0 Å². The average molecular weight is 315 g/mol. The highest BCUT2D eigenvalue weighted by atomic mass is 16.5. The van der Waals surface area contributed by atoms with Crippen LogP contribution in [0.2, 0.25) is 0 Å². The lowest BCUT2D eigenvalue weighted by Crippen LogP contribution is -2.23. The summed E-state index contributed by atoms with van der Waals surface area (Å²) < 4.78 is 21.3. The van der Waals surface area contributed by atoms with E-state index in [0.29, 0.717) is 17.6 Å². The van der Waals surface area contributed by atoms with Gasteiger partial charge in [0.1, 0.15) is 5.82 Å². The van der Waals surface area contributed by atoms with Crippen molar-refractivity contribution in [3.05, 3.63) is 24.4 Å². The van der Waals surface area contributed by atoms with Crippen molar-refractivity contribution in [3.8, 4) is 17.1 Å². The maximum Gasteiger partial charge on any atom is 0.212 e. The number of anilines is 1. The maximum absolute atomic E-state index is 8.34. The lowest BCUT2D eigenvalue weighted by molar-refractivity contribution is 0.121. The Morgan fingerprint density at radius 2 is 2.26 bits per heavy atom. The van der Waals surface area contributed by atoms with Crippen LogP contribution in [-0.2, 0) is 11.3 Å². The van der Waals surface area contributed by atoms with Gasteiger partial charge in [0.15, 0.2) is 0 Å². The number of nitrogens with zero attached hydrogens (tertiary/aromatic N) is 4. The van der Waals surface area contributed by atoms with E-state index in [2.05, 4.69) is 15.0 Å². The number of hydrogen-bond acceptors (Lipinski definition) is 5. The van der Waals surface area contributed by atoms with Crippen molar-refractivity contribution in [2.75, 3.05) is 25.1 Å². The van der Waals surface area contributed by atoms with Crippen molar-refractivity contribution in [2.24, 2.45) is 0 Å². The van der Waals surface area contributed by atoms with Gasteiger partial charge in [-0.05, 0) is 25.5 Å². The third-order valence-electron chi connectivity index (χ3n) is 4.56. The minimum Gasteiger partial charge on any atom is -0.475 e. The first kappa shape index (κ1) is 13.4. The Balaban J connectivity index is 1.58. The largest absolute Gasteiger partial charge is 0.475 e. The quantitative estimate of drug-likeness (QED) is 0.870. The van der Waals surface area contributed by atoms with E-state index in [1.165, 1.54) is 0 Å². The molecule has 0 unspecified atom stereocenters. The summed E-state index contributed by atoms with van der Waals surface area (Å²) in [5, 5.41) is 4.54. The van der Waals surface area contributed by atoms with Crippen LogP contribution in [0, 0.1) is 0 Å². The molecule has 2 atom stereocenters. The van der Waals surface area contributed by atoms with Gasteiger partial charge in [0, 0.05) is 51.0 Å². The lowest BCUT2D eigenvalue weighted by Gasteiger charge is -2.20. The molecule has 0 amide bonds. The summed E-state index contributed by atoms with van der Waals surface area (Å²) in [6.45, 7) is 4.64. The van der Waals surface area contributed by atoms with Crippen molar-refractivity contribution in [3.63, 3.8) is 0 Å². The van der Waals surface area contributed by atoms with E-state index < -0.39 is 0 Å². The molecule has 0 saturated carbocycles. The molecule has 4 rings (SSSR count). The van der Waals surface area contributed by atoms with Gasteiger partial charge in [-0.3, -0.25) is 0 Å². The highest BCUT2D eigenvalue weighted by molar-refractivity contribution is 5.61. The molecule has 2 aliphatic rings. The number of ether oxygens (including phenoxy) is 2. The molecule has 1 saturated heterocycles. The standard InChI is InChI=1S/C17H22N4O2/c1-12-5-8-21-17(23-12)9-15(19-21)13-3-4-16(18-10-13)20-7-6-14(11-20)22-2/h3-4,9-10,12,14H,5-8,11H2,1-2H3/t12-,14+/m1/s1/i9D. The van der Waals surface area contributed by atoms with Gasteiger partial charge in [-0.2, -0.15) is 5.10 Å². The van der Waals surface area contributed by atoms with Crippen LogP contribution in [0.25, 0.3) is 11.3 Å². The number of hydrogen-bond donors (Lipinski definition) is 0. The molecule has 0 radical (unpaired) electrons. The second kappa shape index (κ2) is 5.85. The summed E-state index contributed by atoms with van der Waals surface area (Å²) in [7, 11) is 1.75. The Kier molecular flexibility index (Phi) is 3.40. The van der Waals surface area contributed by atoms with Gasteiger partial charge in [0.05, 0.1) is 19.3 Å². The molecule has 2 aliphatic heterocycles. The molecule has 0 aromatic carbocycles. The Morgan fingerprint density at radius 3 is 3.00 bits per heavy atom. The van der Waals surface area contributed by atoms with Gasteiger partial charge in [0.25, 0.3) is 0 Å². The van der Waals surface area contributed by atoms with E-state index in [4.69, 9.17) is 10.8 Å². The number of fused-ring (bicyclic) bond motifs is 1. The molecule has 122 valence electrons. The highest BCUT2D eigenvalue weighted by Crippen LogP contribution is 2.28. The molecule has 6 heteroatoms. The van der Waals surface area contributed by atoms with Crippen LogP contribution in [-0.4, -0.2) is 47.2 Å². The smallest absolute Gasteiger partial charge is 0.212 e. The fourth-order valence-electron chi connectivity index (χ4n) is 3.12. The molecular weight excluding hydrogens is 292 g/mol. The van der Waals surface area contributed by atoms with Crippen LogP contribution in [0.4, 0.5) is 5.82 Å². The second-order valence-electron chi connectivity index (χ2n) is 6.22. The van der Waals surface area contributed by atoms with E-state index >= 15 is 0 Å². The van der Waals surface area contributed by atoms with Gasteiger partial charge < -0.3 is 14.4 Å². The predicted molar refractivity (Wildman–Crippen MR) is 87.8 cm³/mol. The fraction of sp³-hybridized carbons (Fsp3) is 0.529. The summed E-state index contributed by atoms with van der Waals surface area (Å²) in [4.78, 5) is 6.79. The number of rotatable bonds is 3. The van der Waals surface area contributed by atoms with E-state index in [9.17, 15) is 0 Å². The minimum atomic E-state index is 0.135. The van der Waals surface area contributed by atoms with Crippen molar-refractivity contribution in [2.45, 2.75) is 38.5 Å². The van der Waals surface area contributed by atoms with Crippen LogP contribution < -0.4 is 9.64 Å². The summed E-state index contributed by atoms with van der Waals surface area (Å²) >= 11 is 0. The third kappa shape index (κ3) is 2.79. The number of aryl methyl sites for hydroxylation is 1. The van der Waals surface area contributed by atoms with E-state index in [1.807, 2.05) is 19.1 Å². The SMILES string of the molecule is [2H]c1c(-c2ccc(N3CC[C@H](OC)C3)nc2)nn2c1O[C@H](C)CC2. The van der Waals surface area contributed by atoms with E-state index in [0.717, 1.165) is 43.9 Å². The Labute approximate surface area is 137 Å². The fourth-order valence-corrected chi connectivity index (χ4v) is 3.12. The van der Waals surface area contributed by atoms with Crippen LogP contribution in [0.15, 0.2) is 24.4 Å². The molecule has 0 aliphatic carbocycles. The zero-order chi connectivity index (χ0) is 16.7. The number of aromatic nitrogens is 3. The Bertz CT molecular complexity index is 731. The van der Waals surface area contributed by atoms with Gasteiger partial charge in [-0.1, -0.05) is 0 Å². The van der Waals surface area contributed by atoms with Gasteiger partial charge in [-0.15, -0.1) is 0 Å².